The lowest BCUT2D eigenvalue weighted by molar-refractivity contribution is -0.0882. The van der Waals surface area contributed by atoms with E-state index < -0.39 is 6.67 Å². The molecule has 2 N–H and O–H groups in total. The number of ether oxygens (including phenoxy) is 2. The van der Waals surface area contributed by atoms with Crippen LogP contribution in [0.4, 0.5) is 15.2 Å². The average Bonchev–Trinajstić information content (AvgIpc) is 3.54. The standard InChI is InChI=1S/C27H38FN5O3S/c1-19(24-17-37-26(31-24)33-11-8-21(16-33)35-4)30-23-7-6-20(14-22(23)25(34)29-10-5-9-28)15-32-12-13-36-27(2,3)18-32/h6-7,14,17,21,30H,1,5,8-13,15-16,18H2,2-4H3,(H,29,34)/t21-/m0/s1. The fourth-order valence-electron chi connectivity index (χ4n) is 4.73. The molecule has 0 radical (unpaired) electrons. The number of hydrogen-bond acceptors (Lipinski definition) is 8. The van der Waals surface area contributed by atoms with E-state index in [4.69, 9.17) is 14.5 Å². The number of amides is 1. The third-order valence-electron chi connectivity index (χ3n) is 6.67. The summed E-state index contributed by atoms with van der Waals surface area (Å²) in [5.41, 5.74) is 3.33. The normalized spacial score (nSPS) is 19.7. The Kier molecular flexibility index (Phi) is 9.17. The van der Waals surface area contributed by atoms with Gasteiger partial charge >= 0.3 is 0 Å². The molecule has 2 aromatic rings. The summed E-state index contributed by atoms with van der Waals surface area (Å²) < 4.78 is 23.9. The summed E-state index contributed by atoms with van der Waals surface area (Å²) in [5.74, 6) is -0.241. The summed E-state index contributed by atoms with van der Waals surface area (Å²) in [7, 11) is 1.74. The summed E-state index contributed by atoms with van der Waals surface area (Å²) in [5, 5.41) is 9.05. The molecule has 4 rings (SSSR count). The number of morpholine rings is 1. The highest BCUT2D eigenvalue weighted by Gasteiger charge is 2.28. The van der Waals surface area contributed by atoms with Gasteiger partial charge in [0.25, 0.3) is 5.91 Å². The third kappa shape index (κ3) is 7.28. The number of hydrogen-bond donors (Lipinski definition) is 2. The molecule has 3 heterocycles. The summed E-state index contributed by atoms with van der Waals surface area (Å²) in [4.78, 5) is 22.4. The first-order chi connectivity index (χ1) is 17.8. The summed E-state index contributed by atoms with van der Waals surface area (Å²) in [6.45, 7) is 13.0. The second kappa shape index (κ2) is 12.3. The van der Waals surface area contributed by atoms with Gasteiger partial charge in [-0.25, -0.2) is 4.98 Å². The molecule has 2 aliphatic rings. The van der Waals surface area contributed by atoms with E-state index >= 15 is 0 Å². The molecule has 1 atom stereocenters. The van der Waals surface area contributed by atoms with Crippen LogP contribution in [0.2, 0.25) is 0 Å². The summed E-state index contributed by atoms with van der Waals surface area (Å²) in [6, 6.07) is 5.84. The van der Waals surface area contributed by atoms with E-state index in [9.17, 15) is 9.18 Å². The van der Waals surface area contributed by atoms with E-state index in [2.05, 4.69) is 40.9 Å². The second-order valence-corrected chi connectivity index (χ2v) is 11.0. The molecule has 0 saturated carbocycles. The minimum absolute atomic E-state index is 0.198. The van der Waals surface area contributed by atoms with Gasteiger partial charge in [0, 0.05) is 51.8 Å². The lowest BCUT2D eigenvalue weighted by atomic mass is 10.0. The van der Waals surface area contributed by atoms with Gasteiger partial charge in [-0.05, 0) is 44.4 Å². The Labute approximate surface area is 222 Å². The van der Waals surface area contributed by atoms with Crippen LogP contribution >= 0.6 is 11.3 Å². The number of anilines is 2. The Hall–Kier alpha value is -2.53. The van der Waals surface area contributed by atoms with Crippen LogP contribution in [0.3, 0.4) is 0 Å². The van der Waals surface area contributed by atoms with Crippen molar-refractivity contribution in [1.29, 1.82) is 0 Å². The molecule has 2 fully saturated rings. The molecule has 0 unspecified atom stereocenters. The molecule has 2 aliphatic heterocycles. The first kappa shape index (κ1) is 27.5. The highest BCUT2D eigenvalue weighted by molar-refractivity contribution is 7.13. The van der Waals surface area contributed by atoms with E-state index in [-0.39, 0.29) is 30.6 Å². The van der Waals surface area contributed by atoms with Gasteiger partial charge in [-0.15, -0.1) is 11.3 Å². The molecule has 10 heteroatoms. The molecule has 202 valence electrons. The number of carbonyl (C=O) groups is 1. The lowest BCUT2D eigenvalue weighted by Crippen LogP contribution is -2.47. The molecule has 1 aromatic heterocycles. The number of rotatable bonds is 11. The zero-order chi connectivity index (χ0) is 26.4. The monoisotopic (exact) mass is 531 g/mol. The van der Waals surface area contributed by atoms with Gasteiger partial charge in [0.1, 0.15) is 0 Å². The number of nitrogens with zero attached hydrogens (tertiary/aromatic N) is 3. The highest BCUT2D eigenvalue weighted by atomic mass is 32.1. The first-order valence-electron chi connectivity index (χ1n) is 12.8. The van der Waals surface area contributed by atoms with Crippen molar-refractivity contribution in [3.05, 3.63) is 47.0 Å². The average molecular weight is 532 g/mol. The predicted molar refractivity (Wildman–Crippen MR) is 147 cm³/mol. The van der Waals surface area contributed by atoms with Gasteiger partial charge in [-0.1, -0.05) is 12.6 Å². The molecule has 1 amide bonds. The third-order valence-corrected chi connectivity index (χ3v) is 7.57. The quantitative estimate of drug-likeness (QED) is 0.422. The van der Waals surface area contributed by atoms with E-state index in [1.54, 1.807) is 18.4 Å². The van der Waals surface area contributed by atoms with Crippen LogP contribution in [0.5, 0.6) is 0 Å². The van der Waals surface area contributed by atoms with E-state index in [0.717, 1.165) is 49.0 Å². The van der Waals surface area contributed by atoms with Crippen molar-refractivity contribution >= 4 is 33.8 Å². The van der Waals surface area contributed by atoms with Gasteiger partial charge in [0.2, 0.25) is 0 Å². The molecular formula is C27H38FN5O3S. The largest absolute Gasteiger partial charge is 0.380 e. The number of thiazole rings is 1. The van der Waals surface area contributed by atoms with Gasteiger partial charge in [-0.3, -0.25) is 14.1 Å². The number of benzene rings is 1. The van der Waals surface area contributed by atoms with Crippen molar-refractivity contribution in [2.45, 2.75) is 44.9 Å². The Morgan fingerprint density at radius 1 is 1.38 bits per heavy atom. The minimum atomic E-state index is -0.469. The summed E-state index contributed by atoms with van der Waals surface area (Å²) in [6.07, 6.45) is 1.50. The Morgan fingerprint density at radius 3 is 2.95 bits per heavy atom. The number of methoxy groups -OCH3 is 1. The van der Waals surface area contributed by atoms with Gasteiger partial charge in [0.15, 0.2) is 5.13 Å². The Bertz CT molecular complexity index is 1090. The molecule has 37 heavy (non-hydrogen) atoms. The van der Waals surface area contributed by atoms with Gasteiger partial charge in [0.05, 0.1) is 47.6 Å². The van der Waals surface area contributed by atoms with Crippen molar-refractivity contribution < 1.29 is 18.7 Å². The molecule has 0 spiro atoms. The summed E-state index contributed by atoms with van der Waals surface area (Å²) >= 11 is 1.57. The molecule has 2 saturated heterocycles. The van der Waals surface area contributed by atoms with Crippen LogP contribution in [0.15, 0.2) is 30.2 Å². The molecular weight excluding hydrogens is 493 g/mol. The topological polar surface area (TPSA) is 79.0 Å². The molecule has 0 bridgehead atoms. The number of aromatic nitrogens is 1. The maximum atomic E-state index is 13.1. The van der Waals surface area contributed by atoms with Crippen molar-refractivity contribution in [3.8, 4) is 0 Å². The van der Waals surface area contributed by atoms with Crippen LogP contribution in [0.1, 0.15) is 48.3 Å². The fourth-order valence-corrected chi connectivity index (χ4v) is 5.60. The van der Waals surface area contributed by atoms with Crippen LogP contribution in [0, 0.1) is 0 Å². The van der Waals surface area contributed by atoms with Crippen LogP contribution in [-0.4, -0.2) is 80.6 Å². The fraction of sp³-hybridized carbons (Fsp3) is 0.556. The second-order valence-electron chi connectivity index (χ2n) is 10.2. The predicted octanol–water partition coefficient (Wildman–Crippen LogP) is 4.15. The van der Waals surface area contributed by atoms with Crippen molar-refractivity contribution in [3.63, 3.8) is 0 Å². The van der Waals surface area contributed by atoms with Crippen molar-refractivity contribution in [1.82, 2.24) is 15.2 Å². The van der Waals surface area contributed by atoms with Crippen LogP contribution in [-0.2, 0) is 16.0 Å². The molecule has 8 nitrogen and oxygen atoms in total. The zero-order valence-corrected chi connectivity index (χ0v) is 22.8. The Morgan fingerprint density at radius 2 is 2.22 bits per heavy atom. The SMILES string of the molecule is C=C(Nc1ccc(CN2CCOC(C)(C)C2)cc1C(=O)NCCCF)c1csc(N2CC[C@H](OC)C2)n1. The van der Waals surface area contributed by atoms with Gasteiger partial charge < -0.3 is 25.0 Å². The maximum Gasteiger partial charge on any atom is 0.253 e. The minimum Gasteiger partial charge on any atom is -0.380 e. The van der Waals surface area contributed by atoms with Crippen LogP contribution < -0.4 is 15.5 Å². The van der Waals surface area contributed by atoms with E-state index in [1.165, 1.54) is 0 Å². The van der Waals surface area contributed by atoms with E-state index in [0.29, 0.717) is 30.1 Å². The lowest BCUT2D eigenvalue weighted by Gasteiger charge is -2.38. The first-order valence-corrected chi connectivity index (χ1v) is 13.7. The van der Waals surface area contributed by atoms with Crippen LogP contribution in [0.25, 0.3) is 5.70 Å². The van der Waals surface area contributed by atoms with Crippen molar-refractivity contribution in [2.24, 2.45) is 0 Å². The van der Waals surface area contributed by atoms with E-state index in [1.807, 2.05) is 23.6 Å². The number of halogens is 1. The van der Waals surface area contributed by atoms with Crippen molar-refractivity contribution in [2.75, 3.05) is 63.3 Å². The number of alkyl halides is 1. The molecule has 0 aliphatic carbocycles. The highest BCUT2D eigenvalue weighted by Crippen LogP contribution is 2.29. The smallest absolute Gasteiger partial charge is 0.253 e. The maximum absolute atomic E-state index is 13.1. The van der Waals surface area contributed by atoms with Gasteiger partial charge in [-0.2, -0.15) is 0 Å². The number of carbonyl (C=O) groups excluding carboxylic acids is 1. The number of nitrogens with one attached hydrogen (secondary N) is 2. The Balaban J connectivity index is 1.49. The zero-order valence-electron chi connectivity index (χ0n) is 22.0. The molecule has 1 aromatic carbocycles.